The number of rotatable bonds is 11. The Kier molecular flexibility index (Phi) is 9.61. The van der Waals surface area contributed by atoms with Crippen molar-refractivity contribution in [2.45, 2.75) is 88.9 Å². The van der Waals surface area contributed by atoms with Crippen LogP contribution < -0.4 is 3.58 Å². The van der Waals surface area contributed by atoms with Crippen LogP contribution in [-0.2, 0) is 0 Å². The molecule has 0 aliphatic heterocycles. The van der Waals surface area contributed by atoms with Gasteiger partial charge in [0.15, 0.2) is 0 Å². The first-order chi connectivity index (χ1) is 10.6. The monoisotopic (exact) mass is 413 g/mol. The summed E-state index contributed by atoms with van der Waals surface area (Å²) in [5.74, 6) is -0.117. The number of unbranched alkanes of at least 4 members (excludes halogenated alkanes) is 3. The number of nitrogens with zero attached hydrogens (tertiary/aromatic N) is 1. The first kappa shape index (κ1) is 19.9. The molecule has 0 aromatic carbocycles. The molecule has 0 amide bonds. The van der Waals surface area contributed by atoms with Crippen LogP contribution in [0.5, 0.6) is 0 Å². The molecule has 0 bridgehead atoms. The van der Waals surface area contributed by atoms with E-state index < -0.39 is 21.1 Å². The van der Waals surface area contributed by atoms with Crippen molar-refractivity contribution >= 4 is 24.7 Å². The molecule has 1 nitrogen and oxygen atoms in total. The number of pyridine rings is 1. The number of aromatic nitrogens is 1. The van der Waals surface area contributed by atoms with Gasteiger partial charge in [0.05, 0.1) is 0 Å². The van der Waals surface area contributed by atoms with Crippen LogP contribution >= 0.6 is 0 Å². The molecule has 0 saturated heterocycles. The van der Waals surface area contributed by atoms with Crippen molar-refractivity contribution in [1.82, 2.24) is 4.98 Å². The van der Waals surface area contributed by atoms with Gasteiger partial charge in [-0.05, 0) is 0 Å². The van der Waals surface area contributed by atoms with E-state index in [0.29, 0.717) is 9.12 Å². The quantitative estimate of drug-likeness (QED) is 0.432. The zero-order chi connectivity index (χ0) is 16.4. The van der Waals surface area contributed by atoms with E-state index in [2.05, 4.69) is 25.8 Å². The molecular weight excluding hydrogens is 380 g/mol. The maximum atomic E-state index is 13.9. The van der Waals surface area contributed by atoms with E-state index in [1.54, 1.807) is 13.0 Å². The second-order valence-corrected chi connectivity index (χ2v) is 11.9. The fraction of sp³-hybridized carbons (Fsp3) is 0.737. The van der Waals surface area contributed by atoms with Crippen molar-refractivity contribution < 1.29 is 4.39 Å². The predicted octanol–water partition coefficient (Wildman–Crippen LogP) is 5.59. The molecule has 1 aromatic rings. The average molecular weight is 412 g/mol. The summed E-state index contributed by atoms with van der Waals surface area (Å²) >= 11 is -0.838. The second kappa shape index (κ2) is 10.6. The molecule has 0 atom stereocenters. The average Bonchev–Trinajstić information content (AvgIpc) is 2.52. The van der Waals surface area contributed by atoms with Gasteiger partial charge in [-0.1, -0.05) is 0 Å². The van der Waals surface area contributed by atoms with Crippen LogP contribution in [0, 0.1) is 12.7 Å². The van der Waals surface area contributed by atoms with Gasteiger partial charge in [-0.25, -0.2) is 0 Å². The molecule has 3 heteroatoms. The SMILES string of the molecule is CCCC[C](CCCC)(CCCC)[Sn][c]1cnc(C)c(F)c1. The van der Waals surface area contributed by atoms with Crippen LogP contribution in [-0.4, -0.2) is 26.1 Å². The van der Waals surface area contributed by atoms with Crippen molar-refractivity contribution in [3.8, 4) is 0 Å². The zero-order valence-electron chi connectivity index (χ0n) is 14.8. The zero-order valence-corrected chi connectivity index (χ0v) is 17.7. The van der Waals surface area contributed by atoms with Crippen molar-refractivity contribution in [2.75, 3.05) is 0 Å². The molecule has 0 N–H and O–H groups in total. The third-order valence-corrected chi connectivity index (χ3v) is 9.72. The molecule has 0 aliphatic rings. The summed E-state index contributed by atoms with van der Waals surface area (Å²) in [5.41, 5.74) is 0.532. The molecule has 0 aliphatic carbocycles. The minimum atomic E-state index is -0.838. The van der Waals surface area contributed by atoms with Gasteiger partial charge in [0.2, 0.25) is 0 Å². The number of hydrogen-bond donors (Lipinski definition) is 0. The van der Waals surface area contributed by atoms with E-state index in [4.69, 9.17) is 0 Å². The Hall–Kier alpha value is -0.121. The van der Waals surface area contributed by atoms with E-state index in [1.807, 2.05) is 6.20 Å². The van der Waals surface area contributed by atoms with Gasteiger partial charge < -0.3 is 0 Å². The molecular formula is C19H32FNSn. The minimum absolute atomic E-state index is 0.117. The fourth-order valence-corrected chi connectivity index (χ4v) is 8.26. The van der Waals surface area contributed by atoms with Gasteiger partial charge in [0, 0.05) is 0 Å². The van der Waals surface area contributed by atoms with E-state index in [1.165, 1.54) is 61.4 Å². The van der Waals surface area contributed by atoms with Gasteiger partial charge in [-0.3, -0.25) is 0 Å². The Labute approximate surface area is 146 Å². The topological polar surface area (TPSA) is 12.9 Å². The van der Waals surface area contributed by atoms with Crippen LogP contribution in [0.15, 0.2) is 12.3 Å². The summed E-state index contributed by atoms with van der Waals surface area (Å²) in [5, 5.41) is 0. The summed E-state index contributed by atoms with van der Waals surface area (Å²) in [4.78, 5) is 4.27. The normalized spacial score (nSPS) is 11.9. The van der Waals surface area contributed by atoms with Gasteiger partial charge >= 0.3 is 147 Å². The van der Waals surface area contributed by atoms with Crippen LogP contribution in [0.2, 0.25) is 3.43 Å². The standard InChI is InChI=1S/C13H27.C6H5FN.Sn/c1-4-7-10-13(11-8-5-2)12-9-6-3;1-5-6(7)3-2-4-8-5;/h4-12H2,1-3H3;3-4H,1H3;. The van der Waals surface area contributed by atoms with E-state index in [-0.39, 0.29) is 5.82 Å². The van der Waals surface area contributed by atoms with Crippen molar-refractivity contribution in [1.29, 1.82) is 0 Å². The van der Waals surface area contributed by atoms with Crippen molar-refractivity contribution in [2.24, 2.45) is 0 Å². The van der Waals surface area contributed by atoms with Crippen LogP contribution in [0.25, 0.3) is 0 Å². The summed E-state index contributed by atoms with van der Waals surface area (Å²) in [7, 11) is 0. The summed E-state index contributed by atoms with van der Waals surface area (Å²) in [6, 6.07) is 1.78. The predicted molar refractivity (Wildman–Crippen MR) is 95.6 cm³/mol. The molecule has 0 fully saturated rings. The third-order valence-electron chi connectivity index (χ3n) is 4.46. The number of aryl methyl sites for hydroxylation is 1. The molecule has 124 valence electrons. The molecule has 1 rings (SSSR count). The molecule has 2 radical (unpaired) electrons. The maximum absolute atomic E-state index is 13.9. The van der Waals surface area contributed by atoms with Gasteiger partial charge in [0.25, 0.3) is 0 Å². The molecule has 22 heavy (non-hydrogen) atoms. The molecule has 1 heterocycles. The Bertz CT molecular complexity index is 412. The first-order valence-corrected chi connectivity index (χ1v) is 11.8. The molecule has 0 unspecified atom stereocenters. The molecule has 0 spiro atoms. The van der Waals surface area contributed by atoms with Crippen LogP contribution in [0.4, 0.5) is 4.39 Å². The van der Waals surface area contributed by atoms with E-state index in [0.717, 1.165) is 0 Å². The van der Waals surface area contributed by atoms with Crippen molar-refractivity contribution in [3.05, 3.63) is 23.8 Å². The Morgan fingerprint density at radius 1 is 1.00 bits per heavy atom. The number of halogens is 1. The third kappa shape index (κ3) is 6.55. The van der Waals surface area contributed by atoms with E-state index >= 15 is 0 Å². The molecule has 1 aromatic heterocycles. The van der Waals surface area contributed by atoms with Crippen molar-refractivity contribution in [3.63, 3.8) is 0 Å². The summed E-state index contributed by atoms with van der Waals surface area (Å²) < 4.78 is 15.6. The Morgan fingerprint density at radius 2 is 1.50 bits per heavy atom. The summed E-state index contributed by atoms with van der Waals surface area (Å²) in [6.45, 7) is 8.59. The van der Waals surface area contributed by atoms with Gasteiger partial charge in [-0.2, -0.15) is 0 Å². The number of hydrogen-bond acceptors (Lipinski definition) is 1. The summed E-state index contributed by atoms with van der Waals surface area (Å²) in [6.07, 6.45) is 13.7. The molecule has 0 saturated carbocycles. The van der Waals surface area contributed by atoms with Gasteiger partial charge in [0.1, 0.15) is 0 Å². The fourth-order valence-electron chi connectivity index (χ4n) is 2.99. The van der Waals surface area contributed by atoms with Crippen LogP contribution in [0.3, 0.4) is 0 Å². The second-order valence-electron chi connectivity index (χ2n) is 6.51. The van der Waals surface area contributed by atoms with E-state index in [9.17, 15) is 4.39 Å². The van der Waals surface area contributed by atoms with Crippen LogP contribution in [0.1, 0.15) is 84.3 Å². The van der Waals surface area contributed by atoms with Gasteiger partial charge in [-0.15, -0.1) is 0 Å². The Morgan fingerprint density at radius 3 is 1.91 bits per heavy atom. The Balaban J connectivity index is 2.94. The first-order valence-electron chi connectivity index (χ1n) is 8.97.